The number of carbonyl (C=O) groups excluding carboxylic acids is 1. The molecule has 0 atom stereocenters. The topological polar surface area (TPSA) is 84.1 Å². The first-order valence-electron chi connectivity index (χ1n) is 5.33. The van der Waals surface area contributed by atoms with Crippen LogP contribution in [0.4, 0.5) is 5.82 Å². The zero-order valence-electron chi connectivity index (χ0n) is 9.02. The molecule has 0 unspecified atom stereocenters. The number of rotatable bonds is 2. The number of nitrogens with zero attached hydrogens (tertiary/aromatic N) is 3. The fourth-order valence-electron chi connectivity index (χ4n) is 1.76. The van der Waals surface area contributed by atoms with Crippen molar-refractivity contribution in [1.29, 1.82) is 0 Å². The minimum Gasteiger partial charge on any atom is -0.354 e. The Kier molecular flexibility index (Phi) is 3.31. The first-order valence-corrected chi connectivity index (χ1v) is 5.33. The molecule has 2 rings (SSSR count). The summed E-state index contributed by atoms with van der Waals surface area (Å²) in [5, 5.41) is 10.7. The Morgan fingerprint density at radius 3 is 3.25 bits per heavy atom. The summed E-state index contributed by atoms with van der Waals surface area (Å²) < 4.78 is 0. The second-order valence-electron chi connectivity index (χ2n) is 3.71. The van der Waals surface area contributed by atoms with Crippen molar-refractivity contribution in [3.63, 3.8) is 0 Å². The van der Waals surface area contributed by atoms with Crippen molar-refractivity contribution in [1.82, 2.24) is 15.5 Å². The fraction of sp³-hybridized carbons (Fsp3) is 0.500. The third-order valence-electron chi connectivity index (χ3n) is 2.56. The van der Waals surface area contributed by atoms with Gasteiger partial charge in [0, 0.05) is 25.2 Å². The third-order valence-corrected chi connectivity index (χ3v) is 2.56. The number of carbonyl (C=O) groups is 1. The Balaban J connectivity index is 2.24. The smallest absolute Gasteiger partial charge is 0.239 e. The van der Waals surface area contributed by atoms with E-state index in [0.717, 1.165) is 24.3 Å². The van der Waals surface area contributed by atoms with Crippen molar-refractivity contribution < 1.29 is 4.79 Å². The van der Waals surface area contributed by atoms with Gasteiger partial charge in [-0.25, -0.2) is 0 Å². The van der Waals surface area contributed by atoms with Crippen molar-refractivity contribution in [2.45, 2.75) is 13.0 Å². The van der Waals surface area contributed by atoms with Crippen molar-refractivity contribution in [2.24, 2.45) is 5.73 Å². The average molecular weight is 221 g/mol. The van der Waals surface area contributed by atoms with Crippen LogP contribution in [0.3, 0.4) is 0 Å². The van der Waals surface area contributed by atoms with Gasteiger partial charge in [-0.15, -0.1) is 5.10 Å². The van der Waals surface area contributed by atoms with Crippen LogP contribution in [0.2, 0.25) is 0 Å². The van der Waals surface area contributed by atoms with Crippen LogP contribution in [-0.2, 0) is 11.3 Å². The molecular weight excluding hydrogens is 206 g/mol. The van der Waals surface area contributed by atoms with Gasteiger partial charge in [-0.3, -0.25) is 4.79 Å². The number of aromatic nitrogens is 2. The first-order chi connectivity index (χ1) is 7.81. The van der Waals surface area contributed by atoms with E-state index in [9.17, 15) is 4.79 Å². The van der Waals surface area contributed by atoms with Gasteiger partial charge in [-0.05, 0) is 12.5 Å². The molecule has 1 saturated heterocycles. The Morgan fingerprint density at radius 2 is 2.44 bits per heavy atom. The Labute approximate surface area is 93.8 Å². The quantitative estimate of drug-likeness (QED) is 0.687. The van der Waals surface area contributed by atoms with E-state index in [1.165, 1.54) is 0 Å². The standard InChI is InChI=1S/C10H15N5O/c11-6-8-2-4-13-14-10(8)15-5-1-3-12-9(16)7-15/h2,4H,1,3,5-7,11H2,(H,12,16). The molecule has 1 aliphatic rings. The van der Waals surface area contributed by atoms with Crippen LogP contribution < -0.4 is 16.0 Å². The second-order valence-corrected chi connectivity index (χ2v) is 3.71. The maximum Gasteiger partial charge on any atom is 0.239 e. The lowest BCUT2D eigenvalue weighted by atomic mass is 10.2. The largest absolute Gasteiger partial charge is 0.354 e. The van der Waals surface area contributed by atoms with Gasteiger partial charge in [0.1, 0.15) is 0 Å². The normalized spacial score (nSPS) is 16.8. The highest BCUT2D eigenvalue weighted by Gasteiger charge is 2.18. The second kappa shape index (κ2) is 4.89. The predicted molar refractivity (Wildman–Crippen MR) is 59.8 cm³/mol. The molecule has 6 nitrogen and oxygen atoms in total. The molecule has 1 aliphatic heterocycles. The van der Waals surface area contributed by atoms with E-state index in [-0.39, 0.29) is 5.91 Å². The number of anilines is 1. The Hall–Kier alpha value is -1.69. The molecule has 0 aromatic carbocycles. The van der Waals surface area contributed by atoms with Crippen molar-refractivity contribution in [3.05, 3.63) is 17.8 Å². The molecule has 3 N–H and O–H groups in total. The summed E-state index contributed by atoms with van der Waals surface area (Å²) >= 11 is 0. The van der Waals surface area contributed by atoms with E-state index >= 15 is 0 Å². The molecule has 0 bridgehead atoms. The van der Waals surface area contributed by atoms with Gasteiger partial charge in [0.15, 0.2) is 5.82 Å². The molecule has 6 heteroatoms. The molecular formula is C10H15N5O. The summed E-state index contributed by atoms with van der Waals surface area (Å²) in [7, 11) is 0. The summed E-state index contributed by atoms with van der Waals surface area (Å²) in [6.07, 6.45) is 2.52. The van der Waals surface area contributed by atoms with Gasteiger partial charge in [0.2, 0.25) is 5.91 Å². The maximum atomic E-state index is 11.4. The molecule has 1 aromatic heterocycles. The molecule has 1 fully saturated rings. The number of hydrogen-bond acceptors (Lipinski definition) is 5. The van der Waals surface area contributed by atoms with Gasteiger partial charge in [-0.1, -0.05) is 0 Å². The van der Waals surface area contributed by atoms with Crippen molar-refractivity contribution in [2.75, 3.05) is 24.5 Å². The van der Waals surface area contributed by atoms with Crippen LogP contribution in [0, 0.1) is 0 Å². The van der Waals surface area contributed by atoms with Crippen LogP contribution in [0.15, 0.2) is 12.3 Å². The third kappa shape index (κ3) is 2.27. The van der Waals surface area contributed by atoms with Crippen LogP contribution >= 0.6 is 0 Å². The highest BCUT2D eigenvalue weighted by Crippen LogP contribution is 2.16. The van der Waals surface area contributed by atoms with Crippen LogP contribution in [-0.4, -0.2) is 35.7 Å². The SMILES string of the molecule is NCc1ccnnc1N1CCCNC(=O)C1. The first kappa shape index (κ1) is 10.8. The minimum absolute atomic E-state index is 0.0196. The fourth-order valence-corrected chi connectivity index (χ4v) is 1.76. The lowest BCUT2D eigenvalue weighted by molar-refractivity contribution is -0.119. The number of amides is 1. The zero-order chi connectivity index (χ0) is 11.4. The molecule has 2 heterocycles. The van der Waals surface area contributed by atoms with Crippen molar-refractivity contribution in [3.8, 4) is 0 Å². The molecule has 0 saturated carbocycles. The van der Waals surface area contributed by atoms with E-state index in [1.807, 2.05) is 11.0 Å². The van der Waals surface area contributed by atoms with Gasteiger partial charge in [0.05, 0.1) is 12.7 Å². The summed E-state index contributed by atoms with van der Waals surface area (Å²) in [5.41, 5.74) is 6.56. The summed E-state index contributed by atoms with van der Waals surface area (Å²) in [5.74, 6) is 0.744. The number of hydrogen-bond donors (Lipinski definition) is 2. The van der Waals surface area contributed by atoms with Gasteiger partial charge < -0.3 is 16.0 Å². The van der Waals surface area contributed by atoms with Gasteiger partial charge in [-0.2, -0.15) is 5.10 Å². The minimum atomic E-state index is 0.0196. The molecule has 1 aromatic rings. The van der Waals surface area contributed by atoms with Crippen LogP contribution in [0.1, 0.15) is 12.0 Å². The molecule has 0 aliphatic carbocycles. The van der Waals surface area contributed by atoms with E-state index in [2.05, 4.69) is 15.5 Å². The molecule has 0 radical (unpaired) electrons. The highest BCUT2D eigenvalue weighted by molar-refractivity contribution is 5.81. The lowest BCUT2D eigenvalue weighted by Crippen LogP contribution is -2.34. The van der Waals surface area contributed by atoms with E-state index in [0.29, 0.717) is 19.6 Å². The van der Waals surface area contributed by atoms with E-state index in [1.54, 1.807) is 6.20 Å². The summed E-state index contributed by atoms with van der Waals surface area (Å²) in [4.78, 5) is 13.4. The number of nitrogens with one attached hydrogen (secondary N) is 1. The lowest BCUT2D eigenvalue weighted by Gasteiger charge is -2.21. The number of nitrogens with two attached hydrogens (primary N) is 1. The van der Waals surface area contributed by atoms with Gasteiger partial charge >= 0.3 is 0 Å². The predicted octanol–water partition coefficient (Wildman–Crippen LogP) is -0.738. The summed E-state index contributed by atoms with van der Waals surface area (Å²) in [6.45, 7) is 2.24. The zero-order valence-corrected chi connectivity index (χ0v) is 9.02. The summed E-state index contributed by atoms with van der Waals surface area (Å²) in [6, 6.07) is 1.84. The highest BCUT2D eigenvalue weighted by atomic mass is 16.2. The molecule has 0 spiro atoms. The Bertz CT molecular complexity index is 381. The monoisotopic (exact) mass is 221 g/mol. The Morgan fingerprint density at radius 1 is 1.56 bits per heavy atom. The van der Waals surface area contributed by atoms with Crippen LogP contribution in [0.5, 0.6) is 0 Å². The van der Waals surface area contributed by atoms with E-state index < -0.39 is 0 Å². The molecule has 1 amide bonds. The average Bonchev–Trinajstić information content (AvgIpc) is 2.54. The maximum absolute atomic E-state index is 11.4. The van der Waals surface area contributed by atoms with Crippen LogP contribution in [0.25, 0.3) is 0 Å². The molecule has 86 valence electrons. The van der Waals surface area contributed by atoms with Crippen molar-refractivity contribution >= 4 is 11.7 Å². The molecule has 16 heavy (non-hydrogen) atoms. The van der Waals surface area contributed by atoms with E-state index in [4.69, 9.17) is 5.73 Å². The van der Waals surface area contributed by atoms with Gasteiger partial charge in [0.25, 0.3) is 0 Å².